The molecule has 3 heterocycles. The van der Waals surface area contributed by atoms with Crippen LogP contribution in [0.1, 0.15) is 12.0 Å². The van der Waals surface area contributed by atoms with Gasteiger partial charge in [0.25, 0.3) is 0 Å². The normalized spacial score (nSPS) is 14.1. The molecule has 0 atom stereocenters. The fourth-order valence-electron chi connectivity index (χ4n) is 4.08. The highest BCUT2D eigenvalue weighted by molar-refractivity contribution is 5.91. The average Bonchev–Trinajstić information content (AvgIpc) is 3.58. The molecule has 0 unspecified atom stereocenters. The van der Waals surface area contributed by atoms with E-state index in [0.29, 0.717) is 6.42 Å². The first-order valence-corrected chi connectivity index (χ1v) is 11.8. The number of hydrogen-bond acceptors (Lipinski definition) is 6. The fourth-order valence-corrected chi connectivity index (χ4v) is 4.08. The zero-order valence-corrected chi connectivity index (χ0v) is 19.7. The zero-order chi connectivity index (χ0) is 24.0. The largest absolute Gasteiger partial charge is 0.379 e. The van der Waals surface area contributed by atoms with Gasteiger partial charge in [0.1, 0.15) is 0 Å². The smallest absolute Gasteiger partial charge is 0.225 e. The summed E-state index contributed by atoms with van der Waals surface area (Å²) < 4.78 is 7.17. The maximum atomic E-state index is 12.4. The summed E-state index contributed by atoms with van der Waals surface area (Å²) in [5, 5.41) is 18.1. The van der Waals surface area contributed by atoms with Crippen LogP contribution in [-0.2, 0) is 9.53 Å². The molecule has 9 heteroatoms. The van der Waals surface area contributed by atoms with Crippen LogP contribution < -0.4 is 10.6 Å². The summed E-state index contributed by atoms with van der Waals surface area (Å²) in [6.45, 7) is 6.02. The quantitative estimate of drug-likeness (QED) is 0.360. The minimum Gasteiger partial charge on any atom is -0.379 e. The number of aromatic nitrogens is 4. The van der Waals surface area contributed by atoms with Gasteiger partial charge >= 0.3 is 0 Å². The van der Waals surface area contributed by atoms with E-state index in [9.17, 15) is 4.79 Å². The monoisotopic (exact) mass is 471 g/mol. The van der Waals surface area contributed by atoms with Crippen molar-refractivity contribution < 1.29 is 9.53 Å². The van der Waals surface area contributed by atoms with Gasteiger partial charge in [-0.05, 0) is 54.4 Å². The van der Waals surface area contributed by atoms with Crippen LogP contribution in [0.2, 0.25) is 0 Å². The summed E-state index contributed by atoms with van der Waals surface area (Å²) in [4.78, 5) is 14.6. The Labute approximate surface area is 204 Å². The third-order valence-corrected chi connectivity index (χ3v) is 6.06. The van der Waals surface area contributed by atoms with E-state index in [1.54, 1.807) is 6.20 Å². The second-order valence-corrected chi connectivity index (χ2v) is 8.57. The van der Waals surface area contributed by atoms with Crippen LogP contribution in [0, 0.1) is 6.92 Å². The van der Waals surface area contributed by atoms with Crippen LogP contribution in [0.15, 0.2) is 67.0 Å². The zero-order valence-electron chi connectivity index (χ0n) is 19.7. The van der Waals surface area contributed by atoms with Crippen molar-refractivity contribution in [3.63, 3.8) is 0 Å². The molecule has 35 heavy (non-hydrogen) atoms. The third kappa shape index (κ3) is 5.76. The molecule has 2 aromatic heterocycles. The number of carbonyl (C=O) groups excluding carboxylic acids is 1. The number of amides is 1. The standard InChI is InChI=1S/C26H29N7O2/c1-19-17-21(28-26(34)9-12-32-13-15-35-16-14-32)5-8-23(19)29-25-18-24(30-31-25)20-3-6-22(7-4-20)33-11-2-10-27-33/h2-8,10-11,17-18H,9,12-16H2,1H3,(H,28,34)(H2,29,30,31). The molecule has 4 aromatic rings. The minimum atomic E-state index is 0.0205. The van der Waals surface area contributed by atoms with Gasteiger partial charge in [0.2, 0.25) is 5.91 Å². The lowest BCUT2D eigenvalue weighted by atomic mass is 10.1. The Kier molecular flexibility index (Phi) is 6.87. The highest BCUT2D eigenvalue weighted by atomic mass is 16.5. The molecule has 0 bridgehead atoms. The van der Waals surface area contributed by atoms with E-state index in [0.717, 1.165) is 72.5 Å². The number of ether oxygens (including phenoxy) is 1. The van der Waals surface area contributed by atoms with Gasteiger partial charge in [-0.25, -0.2) is 4.68 Å². The van der Waals surface area contributed by atoms with Crippen molar-refractivity contribution in [3.8, 4) is 16.9 Å². The van der Waals surface area contributed by atoms with Crippen molar-refractivity contribution in [1.29, 1.82) is 0 Å². The Morgan fingerprint density at radius 2 is 1.94 bits per heavy atom. The van der Waals surface area contributed by atoms with Crippen molar-refractivity contribution in [2.45, 2.75) is 13.3 Å². The molecule has 9 nitrogen and oxygen atoms in total. The number of anilines is 3. The highest BCUT2D eigenvalue weighted by Crippen LogP contribution is 2.26. The van der Waals surface area contributed by atoms with Crippen molar-refractivity contribution in [2.75, 3.05) is 43.5 Å². The van der Waals surface area contributed by atoms with Crippen molar-refractivity contribution >= 4 is 23.1 Å². The molecule has 0 saturated carbocycles. The van der Waals surface area contributed by atoms with Crippen LogP contribution in [0.3, 0.4) is 0 Å². The Hall–Kier alpha value is -3.95. The molecule has 1 saturated heterocycles. The lowest BCUT2D eigenvalue weighted by Crippen LogP contribution is -2.38. The SMILES string of the molecule is Cc1cc(NC(=O)CCN2CCOCC2)ccc1Nc1cc(-c2ccc(-n3cccn3)cc2)[nH]n1. The van der Waals surface area contributed by atoms with Gasteiger partial charge in [0, 0.05) is 55.9 Å². The lowest BCUT2D eigenvalue weighted by molar-refractivity contribution is -0.116. The number of benzene rings is 2. The fraction of sp³-hybridized carbons (Fsp3) is 0.269. The number of morpholine rings is 1. The van der Waals surface area contributed by atoms with E-state index in [1.807, 2.05) is 72.4 Å². The molecule has 1 aliphatic rings. The minimum absolute atomic E-state index is 0.0205. The molecule has 3 N–H and O–H groups in total. The summed E-state index contributed by atoms with van der Waals surface area (Å²) in [6.07, 6.45) is 4.14. The predicted octanol–water partition coefficient (Wildman–Crippen LogP) is 3.98. The Balaban J connectivity index is 1.17. The number of nitrogens with zero attached hydrogens (tertiary/aromatic N) is 4. The van der Waals surface area contributed by atoms with Gasteiger partial charge < -0.3 is 15.4 Å². The molecule has 0 radical (unpaired) electrons. The van der Waals surface area contributed by atoms with Crippen LogP contribution >= 0.6 is 0 Å². The Morgan fingerprint density at radius 3 is 2.69 bits per heavy atom. The predicted molar refractivity (Wildman–Crippen MR) is 136 cm³/mol. The number of H-pyrrole nitrogens is 1. The lowest BCUT2D eigenvalue weighted by Gasteiger charge is -2.26. The van der Waals surface area contributed by atoms with E-state index in [2.05, 4.69) is 30.8 Å². The first kappa shape index (κ1) is 22.8. The molecule has 5 rings (SSSR count). The van der Waals surface area contributed by atoms with E-state index < -0.39 is 0 Å². The number of hydrogen-bond donors (Lipinski definition) is 3. The van der Waals surface area contributed by atoms with E-state index in [4.69, 9.17) is 4.74 Å². The molecular formula is C26H29N7O2. The third-order valence-electron chi connectivity index (χ3n) is 6.06. The van der Waals surface area contributed by atoms with Crippen LogP contribution in [0.5, 0.6) is 0 Å². The van der Waals surface area contributed by atoms with Crippen LogP contribution in [0.4, 0.5) is 17.2 Å². The molecule has 1 aliphatic heterocycles. The number of nitrogens with one attached hydrogen (secondary N) is 3. The first-order chi connectivity index (χ1) is 17.1. The topological polar surface area (TPSA) is 100 Å². The van der Waals surface area contributed by atoms with E-state index in [1.165, 1.54) is 0 Å². The molecule has 180 valence electrons. The number of carbonyl (C=O) groups is 1. The molecule has 1 amide bonds. The summed E-state index contributed by atoms with van der Waals surface area (Å²) in [5.41, 5.74) is 5.70. The second-order valence-electron chi connectivity index (χ2n) is 8.57. The second kappa shape index (κ2) is 10.5. The van der Waals surface area contributed by atoms with Gasteiger partial charge in [-0.2, -0.15) is 10.2 Å². The maximum absolute atomic E-state index is 12.4. The number of rotatable bonds is 8. The van der Waals surface area contributed by atoms with Crippen molar-refractivity contribution in [1.82, 2.24) is 24.9 Å². The van der Waals surface area contributed by atoms with E-state index >= 15 is 0 Å². The molecule has 0 spiro atoms. The Morgan fingerprint density at radius 1 is 1.11 bits per heavy atom. The van der Waals surface area contributed by atoms with Crippen LogP contribution in [0.25, 0.3) is 16.9 Å². The highest BCUT2D eigenvalue weighted by Gasteiger charge is 2.13. The number of aromatic amines is 1. The van der Waals surface area contributed by atoms with Gasteiger partial charge in [-0.1, -0.05) is 12.1 Å². The first-order valence-electron chi connectivity index (χ1n) is 11.8. The van der Waals surface area contributed by atoms with Gasteiger partial charge in [0.05, 0.1) is 24.6 Å². The molecular weight excluding hydrogens is 442 g/mol. The average molecular weight is 472 g/mol. The summed E-state index contributed by atoms with van der Waals surface area (Å²) in [5.74, 6) is 0.744. The molecule has 0 aliphatic carbocycles. The van der Waals surface area contributed by atoms with Crippen molar-refractivity contribution in [3.05, 3.63) is 72.6 Å². The van der Waals surface area contributed by atoms with Gasteiger partial charge in [0.15, 0.2) is 5.82 Å². The van der Waals surface area contributed by atoms with Crippen molar-refractivity contribution in [2.24, 2.45) is 0 Å². The summed E-state index contributed by atoms with van der Waals surface area (Å²) in [6, 6.07) is 17.8. The molecule has 1 fully saturated rings. The maximum Gasteiger partial charge on any atom is 0.225 e. The Bertz CT molecular complexity index is 1260. The summed E-state index contributed by atoms with van der Waals surface area (Å²) in [7, 11) is 0. The van der Waals surface area contributed by atoms with Gasteiger partial charge in [-0.15, -0.1) is 0 Å². The van der Waals surface area contributed by atoms with Crippen LogP contribution in [-0.4, -0.2) is 63.6 Å². The van der Waals surface area contributed by atoms with E-state index in [-0.39, 0.29) is 5.91 Å². The summed E-state index contributed by atoms with van der Waals surface area (Å²) >= 11 is 0. The van der Waals surface area contributed by atoms with Gasteiger partial charge in [-0.3, -0.25) is 14.8 Å². The number of aryl methyl sites for hydroxylation is 1. The molecule has 2 aromatic carbocycles.